The largest absolute Gasteiger partial charge is 0.314 e. The van der Waals surface area contributed by atoms with Gasteiger partial charge in [0.15, 0.2) is 0 Å². The molecule has 3 aliphatic heterocycles. The van der Waals surface area contributed by atoms with Crippen LogP contribution in [0.3, 0.4) is 0 Å². The summed E-state index contributed by atoms with van der Waals surface area (Å²) in [6.45, 7) is 1.75. The number of nitrogens with zero attached hydrogens (tertiary/aromatic N) is 1. The molecule has 2 unspecified atom stereocenters. The smallest absolute Gasteiger partial charge is 0.251 e. The molecule has 3 heterocycles. The summed E-state index contributed by atoms with van der Waals surface area (Å²) >= 11 is 0. The molecule has 0 amide bonds. The van der Waals surface area contributed by atoms with Crippen LogP contribution >= 0.6 is 0 Å². The van der Waals surface area contributed by atoms with Gasteiger partial charge in [-0.1, -0.05) is 0 Å². The second kappa shape index (κ2) is 2.68. The SMILES string of the molecule is FC(F)CN1C2CNCC1C2. The third-order valence-electron chi connectivity index (χ3n) is 2.59. The molecule has 4 heteroatoms. The molecular weight excluding hydrogens is 150 g/mol. The van der Waals surface area contributed by atoms with Crippen molar-refractivity contribution in [3.05, 3.63) is 0 Å². The molecule has 11 heavy (non-hydrogen) atoms. The van der Waals surface area contributed by atoms with Gasteiger partial charge < -0.3 is 5.32 Å². The van der Waals surface area contributed by atoms with Crippen LogP contribution in [0.15, 0.2) is 0 Å². The summed E-state index contributed by atoms with van der Waals surface area (Å²) in [5.74, 6) is 0. The summed E-state index contributed by atoms with van der Waals surface area (Å²) in [5.41, 5.74) is 0. The van der Waals surface area contributed by atoms with Crippen molar-refractivity contribution >= 4 is 0 Å². The molecule has 64 valence electrons. The van der Waals surface area contributed by atoms with Gasteiger partial charge in [-0.25, -0.2) is 8.78 Å². The molecule has 3 aliphatic rings. The highest BCUT2D eigenvalue weighted by Crippen LogP contribution is 2.28. The van der Waals surface area contributed by atoms with Gasteiger partial charge in [0.2, 0.25) is 0 Å². The molecule has 0 saturated carbocycles. The molecular formula is C7H12F2N2. The first-order chi connectivity index (χ1) is 5.27. The molecule has 3 saturated heterocycles. The second-order valence-corrected chi connectivity index (χ2v) is 3.29. The summed E-state index contributed by atoms with van der Waals surface area (Å²) in [6, 6.07) is 0.783. The number of hydrogen-bond acceptors (Lipinski definition) is 2. The van der Waals surface area contributed by atoms with E-state index in [2.05, 4.69) is 5.32 Å². The van der Waals surface area contributed by atoms with Gasteiger partial charge in [0.1, 0.15) is 0 Å². The zero-order valence-corrected chi connectivity index (χ0v) is 6.26. The summed E-state index contributed by atoms with van der Waals surface area (Å²) in [5, 5.41) is 3.20. The van der Waals surface area contributed by atoms with Crippen molar-refractivity contribution < 1.29 is 8.78 Å². The highest BCUT2D eigenvalue weighted by Gasteiger charge is 2.41. The molecule has 0 aromatic carbocycles. The number of hydrogen-bond donors (Lipinski definition) is 1. The van der Waals surface area contributed by atoms with Crippen LogP contribution in [0.2, 0.25) is 0 Å². The lowest BCUT2D eigenvalue weighted by atomic mass is 9.89. The van der Waals surface area contributed by atoms with Crippen LogP contribution in [-0.2, 0) is 0 Å². The third-order valence-corrected chi connectivity index (χ3v) is 2.59. The van der Waals surface area contributed by atoms with Crippen molar-refractivity contribution in [2.24, 2.45) is 0 Å². The zero-order valence-electron chi connectivity index (χ0n) is 6.26. The van der Waals surface area contributed by atoms with Gasteiger partial charge >= 0.3 is 0 Å². The predicted octanol–water partition coefficient (Wildman–Crippen LogP) is 0.298. The minimum atomic E-state index is -2.17. The number of piperazine rings is 1. The third kappa shape index (κ3) is 1.25. The Morgan fingerprint density at radius 3 is 2.45 bits per heavy atom. The first kappa shape index (κ1) is 7.43. The van der Waals surface area contributed by atoms with E-state index >= 15 is 0 Å². The summed E-state index contributed by atoms with van der Waals surface area (Å²) in [4.78, 5) is 1.92. The van der Waals surface area contributed by atoms with Crippen LogP contribution in [0.5, 0.6) is 0 Å². The average Bonchev–Trinajstić information content (AvgIpc) is 2.01. The monoisotopic (exact) mass is 162 g/mol. The van der Waals surface area contributed by atoms with Crippen LogP contribution in [0.25, 0.3) is 0 Å². The van der Waals surface area contributed by atoms with Gasteiger partial charge in [-0.3, -0.25) is 4.90 Å². The van der Waals surface area contributed by atoms with E-state index in [0.717, 1.165) is 19.5 Å². The number of rotatable bonds is 2. The van der Waals surface area contributed by atoms with Crippen LogP contribution < -0.4 is 5.32 Å². The molecule has 3 fully saturated rings. The molecule has 3 rings (SSSR count). The molecule has 2 bridgehead atoms. The summed E-state index contributed by atoms with van der Waals surface area (Å²) < 4.78 is 23.9. The highest BCUT2D eigenvalue weighted by molar-refractivity contribution is 4.99. The quantitative estimate of drug-likeness (QED) is 0.628. The number of piperidine rings is 1. The van der Waals surface area contributed by atoms with E-state index < -0.39 is 6.43 Å². The van der Waals surface area contributed by atoms with Crippen LogP contribution in [0.1, 0.15) is 6.42 Å². The molecule has 0 radical (unpaired) electrons. The maximum Gasteiger partial charge on any atom is 0.251 e. The first-order valence-electron chi connectivity index (χ1n) is 4.02. The lowest BCUT2D eigenvalue weighted by Crippen LogP contribution is -2.68. The number of nitrogens with one attached hydrogen (secondary N) is 1. The minimum Gasteiger partial charge on any atom is -0.314 e. The molecule has 0 aromatic rings. The van der Waals surface area contributed by atoms with Crippen LogP contribution in [0, 0.1) is 0 Å². The highest BCUT2D eigenvalue weighted by atomic mass is 19.3. The Morgan fingerprint density at radius 2 is 2.00 bits per heavy atom. The normalized spacial score (nSPS) is 37.4. The predicted molar refractivity (Wildman–Crippen MR) is 37.8 cm³/mol. The van der Waals surface area contributed by atoms with Gasteiger partial charge in [-0.05, 0) is 6.42 Å². The Bertz CT molecular complexity index is 137. The Labute approximate surface area is 64.6 Å². The van der Waals surface area contributed by atoms with Crippen molar-refractivity contribution in [3.63, 3.8) is 0 Å². The Hall–Kier alpha value is -0.220. The van der Waals surface area contributed by atoms with Gasteiger partial charge in [0, 0.05) is 25.2 Å². The van der Waals surface area contributed by atoms with Gasteiger partial charge in [-0.15, -0.1) is 0 Å². The van der Waals surface area contributed by atoms with Gasteiger partial charge in [-0.2, -0.15) is 0 Å². The summed E-state index contributed by atoms with van der Waals surface area (Å²) in [6.07, 6.45) is -1.06. The van der Waals surface area contributed by atoms with Crippen molar-refractivity contribution in [1.82, 2.24) is 10.2 Å². The van der Waals surface area contributed by atoms with E-state index in [1.54, 1.807) is 0 Å². The summed E-state index contributed by atoms with van der Waals surface area (Å²) in [7, 11) is 0. The maximum atomic E-state index is 12.0. The van der Waals surface area contributed by atoms with E-state index in [-0.39, 0.29) is 6.54 Å². The average molecular weight is 162 g/mol. The number of alkyl halides is 2. The fourth-order valence-electron chi connectivity index (χ4n) is 2.02. The van der Waals surface area contributed by atoms with Crippen LogP contribution in [0.4, 0.5) is 8.78 Å². The second-order valence-electron chi connectivity index (χ2n) is 3.29. The lowest BCUT2D eigenvalue weighted by Gasteiger charge is -2.53. The van der Waals surface area contributed by atoms with E-state index in [4.69, 9.17) is 0 Å². The minimum absolute atomic E-state index is 0.0307. The first-order valence-corrected chi connectivity index (χ1v) is 4.02. The van der Waals surface area contributed by atoms with E-state index in [9.17, 15) is 8.78 Å². The van der Waals surface area contributed by atoms with E-state index in [1.165, 1.54) is 0 Å². The maximum absolute atomic E-state index is 12.0. The fourth-order valence-corrected chi connectivity index (χ4v) is 2.02. The van der Waals surface area contributed by atoms with Crippen molar-refractivity contribution in [2.75, 3.05) is 19.6 Å². The van der Waals surface area contributed by atoms with Crippen molar-refractivity contribution in [3.8, 4) is 0 Å². The van der Waals surface area contributed by atoms with E-state index in [0.29, 0.717) is 12.1 Å². The lowest BCUT2D eigenvalue weighted by molar-refractivity contribution is -0.0512. The molecule has 0 spiro atoms. The van der Waals surface area contributed by atoms with Crippen molar-refractivity contribution in [1.29, 1.82) is 0 Å². The Kier molecular flexibility index (Phi) is 1.81. The number of halogens is 2. The van der Waals surface area contributed by atoms with Crippen LogP contribution in [-0.4, -0.2) is 43.0 Å². The fraction of sp³-hybridized carbons (Fsp3) is 1.00. The van der Waals surface area contributed by atoms with E-state index in [1.807, 2.05) is 4.90 Å². The molecule has 1 N–H and O–H groups in total. The topological polar surface area (TPSA) is 15.3 Å². The van der Waals surface area contributed by atoms with Crippen molar-refractivity contribution in [2.45, 2.75) is 24.9 Å². The molecule has 0 aromatic heterocycles. The van der Waals surface area contributed by atoms with Gasteiger partial charge in [0.25, 0.3) is 6.43 Å². The Morgan fingerprint density at radius 1 is 1.36 bits per heavy atom. The van der Waals surface area contributed by atoms with Gasteiger partial charge in [0.05, 0.1) is 6.54 Å². The zero-order chi connectivity index (χ0) is 7.84. The molecule has 2 nitrogen and oxygen atoms in total. The Balaban J connectivity index is 1.86. The standard InChI is InChI=1S/C7H12F2N2/c8-7(9)4-11-5-1-6(11)3-10-2-5/h5-7,10H,1-4H2. The molecule has 2 atom stereocenters. The number of fused-ring (bicyclic) bond motifs is 2. The molecule has 0 aliphatic carbocycles.